The SMILES string of the molecule is CCOC(=O)C(N)Cc1c(-c2ccc(F)cc2)nc2ccccn12. The summed E-state index contributed by atoms with van der Waals surface area (Å²) in [5, 5.41) is 0. The predicted octanol–water partition coefficient (Wildman–Crippen LogP) is 2.57. The van der Waals surface area contributed by atoms with Gasteiger partial charge in [-0.2, -0.15) is 0 Å². The zero-order chi connectivity index (χ0) is 17.1. The molecule has 24 heavy (non-hydrogen) atoms. The first-order valence-electron chi connectivity index (χ1n) is 7.74. The summed E-state index contributed by atoms with van der Waals surface area (Å²) in [6, 6.07) is 10.9. The van der Waals surface area contributed by atoms with Crippen LogP contribution in [0.1, 0.15) is 12.6 Å². The minimum absolute atomic E-state index is 0.275. The largest absolute Gasteiger partial charge is 0.465 e. The Labute approximate surface area is 138 Å². The van der Waals surface area contributed by atoms with Crippen molar-refractivity contribution < 1.29 is 13.9 Å². The smallest absolute Gasteiger partial charge is 0.323 e. The van der Waals surface area contributed by atoms with Crippen molar-refractivity contribution in [2.45, 2.75) is 19.4 Å². The van der Waals surface area contributed by atoms with E-state index in [-0.39, 0.29) is 18.8 Å². The second-order valence-electron chi connectivity index (χ2n) is 5.41. The number of halogens is 1. The van der Waals surface area contributed by atoms with Crippen LogP contribution in [0.4, 0.5) is 4.39 Å². The zero-order valence-corrected chi connectivity index (χ0v) is 13.3. The molecule has 1 aromatic carbocycles. The topological polar surface area (TPSA) is 69.6 Å². The van der Waals surface area contributed by atoms with Gasteiger partial charge in [0.1, 0.15) is 17.5 Å². The highest BCUT2D eigenvalue weighted by Gasteiger charge is 2.21. The van der Waals surface area contributed by atoms with Crippen LogP contribution in [0.5, 0.6) is 0 Å². The fraction of sp³-hybridized carbons (Fsp3) is 0.222. The molecule has 6 heteroatoms. The maximum absolute atomic E-state index is 13.2. The number of fused-ring (bicyclic) bond motifs is 1. The maximum Gasteiger partial charge on any atom is 0.323 e. The molecule has 2 N–H and O–H groups in total. The molecule has 5 nitrogen and oxygen atoms in total. The van der Waals surface area contributed by atoms with Gasteiger partial charge in [0.15, 0.2) is 0 Å². The van der Waals surface area contributed by atoms with Crippen LogP contribution >= 0.6 is 0 Å². The molecular weight excluding hydrogens is 309 g/mol. The van der Waals surface area contributed by atoms with Gasteiger partial charge in [-0.3, -0.25) is 4.79 Å². The number of benzene rings is 1. The summed E-state index contributed by atoms with van der Waals surface area (Å²) in [4.78, 5) is 16.5. The second kappa shape index (κ2) is 6.80. The molecule has 3 rings (SSSR count). The van der Waals surface area contributed by atoms with Gasteiger partial charge in [0, 0.05) is 18.2 Å². The van der Waals surface area contributed by atoms with Crippen molar-refractivity contribution in [2.75, 3.05) is 6.61 Å². The van der Waals surface area contributed by atoms with Crippen LogP contribution in [-0.2, 0) is 16.0 Å². The minimum Gasteiger partial charge on any atom is -0.465 e. The van der Waals surface area contributed by atoms with Gasteiger partial charge < -0.3 is 14.9 Å². The number of esters is 1. The molecule has 1 unspecified atom stereocenters. The molecule has 0 aliphatic rings. The fourth-order valence-electron chi connectivity index (χ4n) is 2.62. The van der Waals surface area contributed by atoms with Gasteiger partial charge in [-0.25, -0.2) is 9.37 Å². The molecule has 0 aliphatic carbocycles. The summed E-state index contributed by atoms with van der Waals surface area (Å²) in [5.41, 5.74) is 8.96. The Balaban J connectivity index is 2.05. The third-order valence-electron chi connectivity index (χ3n) is 3.75. The zero-order valence-electron chi connectivity index (χ0n) is 13.3. The average Bonchev–Trinajstić information content (AvgIpc) is 2.94. The molecule has 0 radical (unpaired) electrons. The summed E-state index contributed by atoms with van der Waals surface area (Å²) < 4.78 is 20.1. The summed E-state index contributed by atoms with van der Waals surface area (Å²) in [6.45, 7) is 2.02. The molecule has 0 fully saturated rings. The van der Waals surface area contributed by atoms with E-state index in [1.165, 1.54) is 12.1 Å². The van der Waals surface area contributed by atoms with Gasteiger partial charge in [-0.1, -0.05) is 6.07 Å². The van der Waals surface area contributed by atoms with Gasteiger partial charge in [-0.05, 0) is 43.3 Å². The Morgan fingerprint density at radius 1 is 1.29 bits per heavy atom. The fourth-order valence-corrected chi connectivity index (χ4v) is 2.62. The van der Waals surface area contributed by atoms with E-state index in [1.807, 2.05) is 28.8 Å². The number of carbonyl (C=O) groups excluding carboxylic acids is 1. The van der Waals surface area contributed by atoms with Crippen molar-refractivity contribution in [1.29, 1.82) is 0 Å². The molecule has 0 bridgehead atoms. The monoisotopic (exact) mass is 327 g/mol. The van der Waals surface area contributed by atoms with E-state index in [9.17, 15) is 9.18 Å². The van der Waals surface area contributed by atoms with Gasteiger partial charge in [0.2, 0.25) is 0 Å². The Hall–Kier alpha value is -2.73. The number of hydrogen-bond donors (Lipinski definition) is 1. The van der Waals surface area contributed by atoms with E-state index in [0.717, 1.165) is 16.9 Å². The van der Waals surface area contributed by atoms with E-state index in [4.69, 9.17) is 10.5 Å². The van der Waals surface area contributed by atoms with Crippen molar-refractivity contribution >= 4 is 11.6 Å². The lowest BCUT2D eigenvalue weighted by Crippen LogP contribution is -2.34. The number of aromatic nitrogens is 2. The number of carbonyl (C=O) groups is 1. The maximum atomic E-state index is 13.2. The molecule has 0 saturated heterocycles. The van der Waals surface area contributed by atoms with E-state index in [1.54, 1.807) is 19.1 Å². The summed E-state index contributed by atoms with van der Waals surface area (Å²) in [5.74, 6) is -0.763. The summed E-state index contributed by atoms with van der Waals surface area (Å²) >= 11 is 0. The Bertz CT molecular complexity index is 858. The van der Waals surface area contributed by atoms with E-state index in [2.05, 4.69) is 4.98 Å². The van der Waals surface area contributed by atoms with Crippen LogP contribution in [0.3, 0.4) is 0 Å². The van der Waals surface area contributed by atoms with Gasteiger partial charge in [0.05, 0.1) is 18.0 Å². The highest BCUT2D eigenvalue weighted by Crippen LogP contribution is 2.25. The summed E-state index contributed by atoms with van der Waals surface area (Å²) in [6.07, 6.45) is 2.14. The predicted molar refractivity (Wildman–Crippen MR) is 88.9 cm³/mol. The molecule has 0 spiro atoms. The molecule has 0 saturated carbocycles. The molecule has 2 aromatic heterocycles. The Kier molecular flexibility index (Phi) is 4.57. The molecule has 124 valence electrons. The number of rotatable bonds is 5. The third kappa shape index (κ3) is 3.14. The minimum atomic E-state index is -0.788. The lowest BCUT2D eigenvalue weighted by Gasteiger charge is -2.12. The van der Waals surface area contributed by atoms with Crippen LogP contribution in [0.2, 0.25) is 0 Å². The standard InChI is InChI=1S/C18H18FN3O2/c1-2-24-18(23)14(20)11-15-17(12-6-8-13(19)9-7-12)21-16-5-3-4-10-22(15)16/h3-10,14H,2,11,20H2,1H3. The average molecular weight is 327 g/mol. The highest BCUT2D eigenvalue weighted by atomic mass is 19.1. The first-order chi connectivity index (χ1) is 11.6. The first-order valence-corrected chi connectivity index (χ1v) is 7.74. The number of nitrogens with two attached hydrogens (primary N) is 1. The third-order valence-corrected chi connectivity index (χ3v) is 3.75. The van der Waals surface area contributed by atoms with Crippen LogP contribution in [0.15, 0.2) is 48.7 Å². The van der Waals surface area contributed by atoms with Gasteiger partial charge in [0.25, 0.3) is 0 Å². The number of hydrogen-bond acceptors (Lipinski definition) is 4. The lowest BCUT2D eigenvalue weighted by atomic mass is 10.1. The van der Waals surface area contributed by atoms with Crippen LogP contribution in [0.25, 0.3) is 16.9 Å². The van der Waals surface area contributed by atoms with Crippen molar-refractivity contribution in [3.63, 3.8) is 0 Å². The van der Waals surface area contributed by atoms with E-state index >= 15 is 0 Å². The van der Waals surface area contributed by atoms with Crippen LogP contribution in [0, 0.1) is 5.82 Å². The molecule has 0 amide bonds. The molecule has 3 aromatic rings. The Morgan fingerprint density at radius 3 is 2.75 bits per heavy atom. The number of pyridine rings is 1. The van der Waals surface area contributed by atoms with E-state index in [0.29, 0.717) is 5.69 Å². The number of ether oxygens (including phenoxy) is 1. The second-order valence-corrected chi connectivity index (χ2v) is 5.41. The quantitative estimate of drug-likeness (QED) is 0.731. The molecule has 2 heterocycles. The summed E-state index contributed by atoms with van der Waals surface area (Å²) in [7, 11) is 0. The highest BCUT2D eigenvalue weighted by molar-refractivity contribution is 5.77. The normalized spacial score (nSPS) is 12.3. The molecular formula is C18H18FN3O2. The van der Waals surface area contributed by atoms with Crippen molar-refractivity contribution in [3.8, 4) is 11.3 Å². The van der Waals surface area contributed by atoms with Crippen LogP contribution < -0.4 is 5.73 Å². The van der Waals surface area contributed by atoms with E-state index < -0.39 is 12.0 Å². The van der Waals surface area contributed by atoms with Gasteiger partial charge >= 0.3 is 5.97 Å². The molecule has 1 atom stereocenters. The number of imidazole rings is 1. The van der Waals surface area contributed by atoms with Crippen molar-refractivity contribution in [1.82, 2.24) is 9.38 Å². The Morgan fingerprint density at radius 2 is 2.04 bits per heavy atom. The van der Waals surface area contributed by atoms with Crippen molar-refractivity contribution in [3.05, 3.63) is 60.2 Å². The first kappa shape index (κ1) is 16.1. The molecule has 0 aliphatic heterocycles. The van der Waals surface area contributed by atoms with Crippen molar-refractivity contribution in [2.24, 2.45) is 5.73 Å². The lowest BCUT2D eigenvalue weighted by molar-refractivity contribution is -0.144. The van der Waals surface area contributed by atoms with Crippen LogP contribution in [-0.4, -0.2) is 28.0 Å². The number of nitrogens with zero attached hydrogens (tertiary/aromatic N) is 2. The van der Waals surface area contributed by atoms with Gasteiger partial charge in [-0.15, -0.1) is 0 Å².